The monoisotopic (exact) mass is 312 g/mol. The van der Waals surface area contributed by atoms with Gasteiger partial charge < -0.3 is 15.2 Å². The molecule has 1 aromatic carbocycles. The Morgan fingerprint density at radius 2 is 2.05 bits per heavy atom. The summed E-state index contributed by atoms with van der Waals surface area (Å²) in [7, 11) is -0.649. The third kappa shape index (κ3) is 5.46. The van der Waals surface area contributed by atoms with Gasteiger partial charge in [-0.2, -0.15) is 0 Å². The minimum absolute atomic E-state index is 0.116. The van der Waals surface area contributed by atoms with Gasteiger partial charge in [-0.05, 0) is 12.1 Å². The fraction of sp³-hybridized carbons (Fsp3) is 0.429. The highest BCUT2D eigenvalue weighted by atomic mass is 32.2. The summed E-state index contributed by atoms with van der Waals surface area (Å²) in [5, 5.41) is 0. The van der Waals surface area contributed by atoms with E-state index in [-0.39, 0.29) is 24.1 Å². The molecule has 0 aliphatic carbocycles. The van der Waals surface area contributed by atoms with Crippen LogP contribution in [0.25, 0.3) is 0 Å². The maximum atomic E-state index is 12.3. The van der Waals surface area contributed by atoms with E-state index in [4.69, 9.17) is 15.2 Å². The molecule has 0 amide bonds. The second-order valence-electron chi connectivity index (χ2n) is 4.17. The van der Waals surface area contributed by atoms with Crippen LogP contribution in [0.1, 0.15) is 5.56 Å². The molecule has 0 saturated carbocycles. The molecule has 0 aromatic heterocycles. The predicted octanol–water partition coefficient (Wildman–Crippen LogP) is -0.0635. The summed E-state index contributed by atoms with van der Waals surface area (Å²) in [5.74, 6) is 5.41. The SMILES string of the molecule is COCC(CNS(=O)(=O)c1ccccc1C#CCN)OC. The zero-order chi connectivity index (χ0) is 15.7. The minimum Gasteiger partial charge on any atom is -0.382 e. The second kappa shape index (κ2) is 8.77. The van der Waals surface area contributed by atoms with Gasteiger partial charge in [-0.3, -0.25) is 0 Å². The van der Waals surface area contributed by atoms with Gasteiger partial charge in [-0.1, -0.05) is 24.0 Å². The lowest BCUT2D eigenvalue weighted by molar-refractivity contribution is 0.0320. The first kappa shape index (κ1) is 17.6. The summed E-state index contributed by atoms with van der Waals surface area (Å²) >= 11 is 0. The quantitative estimate of drug-likeness (QED) is 0.688. The molecule has 0 spiro atoms. The molecule has 21 heavy (non-hydrogen) atoms. The van der Waals surface area contributed by atoms with Crippen LogP contribution in [0.3, 0.4) is 0 Å². The van der Waals surface area contributed by atoms with Gasteiger partial charge in [0.2, 0.25) is 10.0 Å². The van der Waals surface area contributed by atoms with E-state index in [0.717, 1.165) is 0 Å². The highest BCUT2D eigenvalue weighted by Gasteiger charge is 2.19. The number of benzene rings is 1. The summed E-state index contributed by atoms with van der Waals surface area (Å²) < 4.78 is 37.2. The van der Waals surface area contributed by atoms with E-state index >= 15 is 0 Å². The summed E-state index contributed by atoms with van der Waals surface area (Å²) in [4.78, 5) is 0.123. The van der Waals surface area contributed by atoms with Crippen molar-refractivity contribution in [3.8, 4) is 11.8 Å². The van der Waals surface area contributed by atoms with Gasteiger partial charge in [0, 0.05) is 26.3 Å². The van der Waals surface area contributed by atoms with Gasteiger partial charge in [0.05, 0.1) is 24.2 Å². The summed E-state index contributed by atoms with van der Waals surface area (Å²) in [6, 6.07) is 6.51. The summed E-state index contributed by atoms with van der Waals surface area (Å²) in [6.07, 6.45) is -0.355. The third-order valence-corrected chi connectivity index (χ3v) is 4.17. The minimum atomic E-state index is -3.67. The van der Waals surface area contributed by atoms with Crippen LogP contribution in [0.15, 0.2) is 29.2 Å². The molecule has 0 radical (unpaired) electrons. The van der Waals surface area contributed by atoms with Gasteiger partial charge in [0.1, 0.15) is 0 Å². The molecular formula is C14H20N2O4S. The van der Waals surface area contributed by atoms with Crippen LogP contribution in [0, 0.1) is 11.8 Å². The Morgan fingerprint density at radius 1 is 1.33 bits per heavy atom. The maximum absolute atomic E-state index is 12.3. The van der Waals surface area contributed by atoms with Crippen LogP contribution in [-0.2, 0) is 19.5 Å². The molecular weight excluding hydrogens is 292 g/mol. The Labute approximate surface area is 125 Å². The molecule has 0 aliphatic heterocycles. The fourth-order valence-corrected chi connectivity index (χ4v) is 2.85. The first-order valence-corrected chi connectivity index (χ1v) is 7.82. The Morgan fingerprint density at radius 3 is 2.67 bits per heavy atom. The zero-order valence-electron chi connectivity index (χ0n) is 12.1. The van der Waals surface area contributed by atoms with Crippen LogP contribution in [0.5, 0.6) is 0 Å². The Bertz CT molecular complexity index is 605. The van der Waals surface area contributed by atoms with Crippen molar-refractivity contribution in [2.24, 2.45) is 5.73 Å². The molecule has 116 valence electrons. The summed E-state index contributed by atoms with van der Waals surface area (Å²) in [5.41, 5.74) is 5.73. The van der Waals surface area contributed by atoms with Crippen LogP contribution >= 0.6 is 0 Å². The molecule has 0 fully saturated rings. The van der Waals surface area contributed by atoms with Crippen molar-refractivity contribution in [2.45, 2.75) is 11.0 Å². The number of methoxy groups -OCH3 is 2. The Hall–Kier alpha value is -1.43. The van der Waals surface area contributed by atoms with E-state index < -0.39 is 10.0 Å². The van der Waals surface area contributed by atoms with Gasteiger partial charge in [-0.25, -0.2) is 13.1 Å². The number of nitrogens with two attached hydrogens (primary N) is 1. The topological polar surface area (TPSA) is 90.7 Å². The van der Waals surface area contributed by atoms with E-state index in [9.17, 15) is 8.42 Å². The average Bonchev–Trinajstić information content (AvgIpc) is 2.49. The molecule has 0 saturated heterocycles. The molecule has 1 atom stereocenters. The molecule has 1 unspecified atom stereocenters. The van der Waals surface area contributed by atoms with Crippen LogP contribution in [0.4, 0.5) is 0 Å². The van der Waals surface area contributed by atoms with Crippen LogP contribution < -0.4 is 10.5 Å². The van der Waals surface area contributed by atoms with Crippen molar-refractivity contribution in [1.82, 2.24) is 4.72 Å². The van der Waals surface area contributed by atoms with Crippen molar-refractivity contribution in [1.29, 1.82) is 0 Å². The van der Waals surface area contributed by atoms with Crippen LogP contribution in [-0.4, -0.2) is 48.4 Å². The first-order valence-electron chi connectivity index (χ1n) is 6.34. The lowest BCUT2D eigenvalue weighted by Gasteiger charge is -2.15. The number of sulfonamides is 1. The molecule has 0 aliphatic rings. The van der Waals surface area contributed by atoms with Crippen molar-refractivity contribution < 1.29 is 17.9 Å². The third-order valence-electron chi connectivity index (χ3n) is 2.69. The predicted molar refractivity (Wildman–Crippen MR) is 80.2 cm³/mol. The van der Waals surface area contributed by atoms with Gasteiger partial charge in [0.25, 0.3) is 0 Å². The number of hydrogen-bond donors (Lipinski definition) is 2. The number of nitrogens with one attached hydrogen (secondary N) is 1. The molecule has 0 heterocycles. The number of rotatable bonds is 7. The van der Waals surface area contributed by atoms with E-state index in [1.807, 2.05) is 0 Å². The number of ether oxygens (including phenoxy) is 2. The lowest BCUT2D eigenvalue weighted by Crippen LogP contribution is -2.35. The zero-order valence-corrected chi connectivity index (χ0v) is 12.9. The van der Waals surface area contributed by atoms with Crippen molar-refractivity contribution >= 4 is 10.0 Å². The van der Waals surface area contributed by atoms with Gasteiger partial charge in [0.15, 0.2) is 0 Å². The van der Waals surface area contributed by atoms with E-state index in [0.29, 0.717) is 12.2 Å². The smallest absolute Gasteiger partial charge is 0.241 e. The Kier molecular flexibility index (Phi) is 7.36. The van der Waals surface area contributed by atoms with Crippen molar-refractivity contribution in [3.63, 3.8) is 0 Å². The van der Waals surface area contributed by atoms with Gasteiger partial charge >= 0.3 is 0 Å². The largest absolute Gasteiger partial charge is 0.382 e. The molecule has 3 N–H and O–H groups in total. The highest BCUT2D eigenvalue weighted by Crippen LogP contribution is 2.14. The first-order chi connectivity index (χ1) is 10.0. The average molecular weight is 312 g/mol. The number of hydrogen-bond acceptors (Lipinski definition) is 5. The molecule has 0 bridgehead atoms. The normalized spacial score (nSPS) is 12.5. The Balaban J connectivity index is 2.93. The van der Waals surface area contributed by atoms with E-state index in [1.165, 1.54) is 20.3 Å². The fourth-order valence-electron chi connectivity index (χ4n) is 1.63. The lowest BCUT2D eigenvalue weighted by atomic mass is 10.2. The van der Waals surface area contributed by atoms with Crippen molar-refractivity contribution in [3.05, 3.63) is 29.8 Å². The van der Waals surface area contributed by atoms with Crippen LogP contribution in [0.2, 0.25) is 0 Å². The molecule has 6 nitrogen and oxygen atoms in total. The second-order valence-corrected chi connectivity index (χ2v) is 5.90. The van der Waals surface area contributed by atoms with Gasteiger partial charge in [-0.15, -0.1) is 0 Å². The van der Waals surface area contributed by atoms with E-state index in [1.54, 1.807) is 18.2 Å². The molecule has 1 aromatic rings. The standard InChI is InChI=1S/C14H20N2O4S/c1-19-11-13(20-2)10-16-21(17,18)14-8-4-3-6-12(14)7-5-9-15/h3-4,6,8,13,16H,9-11,15H2,1-2H3. The molecule has 7 heteroatoms. The van der Waals surface area contributed by atoms with Crippen molar-refractivity contribution in [2.75, 3.05) is 33.9 Å². The summed E-state index contributed by atoms with van der Waals surface area (Å²) in [6.45, 7) is 0.584. The highest BCUT2D eigenvalue weighted by molar-refractivity contribution is 7.89. The maximum Gasteiger partial charge on any atom is 0.241 e. The molecule has 1 rings (SSSR count). The van der Waals surface area contributed by atoms with E-state index in [2.05, 4.69) is 16.6 Å².